The number of hydrogen-bond donors (Lipinski definition) is 1. The molecule has 0 aliphatic rings. The molecule has 0 fully saturated rings. The summed E-state index contributed by atoms with van der Waals surface area (Å²) in [6.45, 7) is 1.82. The molecule has 0 amide bonds. The Morgan fingerprint density at radius 1 is 1.16 bits per heavy atom. The lowest BCUT2D eigenvalue weighted by molar-refractivity contribution is 0.0656. The van der Waals surface area contributed by atoms with Crippen LogP contribution in [0.4, 0.5) is 0 Å². The predicted octanol–water partition coefficient (Wildman–Crippen LogP) is 3.72. The number of carbonyl (C=O) groups is 2. The van der Waals surface area contributed by atoms with E-state index in [0.717, 1.165) is 4.90 Å². The van der Waals surface area contributed by atoms with Crippen LogP contribution in [-0.2, 0) is 0 Å². The van der Waals surface area contributed by atoms with Crippen LogP contribution in [0.3, 0.4) is 0 Å². The van der Waals surface area contributed by atoms with Crippen LogP contribution in [0.25, 0.3) is 0 Å². The van der Waals surface area contributed by atoms with Gasteiger partial charge in [-0.1, -0.05) is 30.8 Å². The SMILES string of the molecule is CCC(=O)c1ccc(Sc2ccc(C(=O)O)o2)cc1. The van der Waals surface area contributed by atoms with Crippen molar-refractivity contribution in [1.29, 1.82) is 0 Å². The largest absolute Gasteiger partial charge is 0.475 e. The van der Waals surface area contributed by atoms with Crippen LogP contribution in [0.2, 0.25) is 0 Å². The minimum Gasteiger partial charge on any atom is -0.475 e. The van der Waals surface area contributed by atoms with Crippen molar-refractivity contribution in [2.24, 2.45) is 0 Å². The van der Waals surface area contributed by atoms with Crippen LogP contribution in [-0.4, -0.2) is 16.9 Å². The van der Waals surface area contributed by atoms with Crippen molar-refractivity contribution in [2.45, 2.75) is 23.3 Å². The first-order valence-electron chi connectivity index (χ1n) is 5.74. The average molecular weight is 276 g/mol. The summed E-state index contributed by atoms with van der Waals surface area (Å²) in [6, 6.07) is 10.2. The highest BCUT2D eigenvalue weighted by Crippen LogP contribution is 2.29. The van der Waals surface area contributed by atoms with Gasteiger partial charge >= 0.3 is 5.97 Å². The maximum Gasteiger partial charge on any atom is 0.371 e. The second-order valence-electron chi connectivity index (χ2n) is 3.83. The molecule has 1 heterocycles. The van der Waals surface area contributed by atoms with Gasteiger partial charge in [-0.15, -0.1) is 0 Å². The molecular formula is C14H12O4S. The first-order valence-corrected chi connectivity index (χ1v) is 6.56. The highest BCUT2D eigenvalue weighted by atomic mass is 32.2. The van der Waals surface area contributed by atoms with Gasteiger partial charge in [0.1, 0.15) is 0 Å². The summed E-state index contributed by atoms with van der Waals surface area (Å²) in [6.07, 6.45) is 0.479. The summed E-state index contributed by atoms with van der Waals surface area (Å²) >= 11 is 1.31. The number of aromatic carboxylic acids is 1. The molecule has 19 heavy (non-hydrogen) atoms. The van der Waals surface area contributed by atoms with E-state index in [4.69, 9.17) is 9.52 Å². The molecule has 1 aromatic heterocycles. The summed E-state index contributed by atoms with van der Waals surface area (Å²) in [7, 11) is 0. The van der Waals surface area contributed by atoms with E-state index in [9.17, 15) is 9.59 Å². The maximum absolute atomic E-state index is 11.5. The monoisotopic (exact) mass is 276 g/mol. The second-order valence-corrected chi connectivity index (χ2v) is 4.90. The first kappa shape index (κ1) is 13.4. The normalized spacial score (nSPS) is 10.4. The Kier molecular flexibility index (Phi) is 4.06. The van der Waals surface area contributed by atoms with E-state index in [1.165, 1.54) is 17.8 Å². The van der Waals surface area contributed by atoms with E-state index < -0.39 is 5.97 Å². The highest BCUT2D eigenvalue weighted by molar-refractivity contribution is 7.99. The molecule has 2 aromatic rings. The van der Waals surface area contributed by atoms with Gasteiger partial charge in [0, 0.05) is 16.9 Å². The summed E-state index contributed by atoms with van der Waals surface area (Å²) < 4.78 is 5.14. The molecule has 0 aliphatic heterocycles. The molecule has 0 bridgehead atoms. The minimum atomic E-state index is -1.09. The Morgan fingerprint density at radius 2 is 1.84 bits per heavy atom. The number of carboxylic acids is 1. The quantitative estimate of drug-likeness (QED) is 0.843. The number of carbonyl (C=O) groups excluding carboxylic acids is 1. The van der Waals surface area contributed by atoms with Crippen LogP contribution in [0.15, 0.2) is 50.8 Å². The fraction of sp³-hybridized carbons (Fsp3) is 0.143. The van der Waals surface area contributed by atoms with Crippen molar-refractivity contribution in [3.63, 3.8) is 0 Å². The van der Waals surface area contributed by atoms with Gasteiger partial charge in [-0.3, -0.25) is 4.79 Å². The van der Waals surface area contributed by atoms with E-state index in [-0.39, 0.29) is 11.5 Å². The fourth-order valence-electron chi connectivity index (χ4n) is 1.52. The summed E-state index contributed by atoms with van der Waals surface area (Å²) in [5, 5.41) is 9.25. The Morgan fingerprint density at radius 3 is 2.37 bits per heavy atom. The lowest BCUT2D eigenvalue weighted by Gasteiger charge is -2.00. The van der Waals surface area contributed by atoms with Crippen molar-refractivity contribution < 1.29 is 19.1 Å². The standard InChI is InChI=1S/C14H12O4S/c1-2-11(15)9-3-5-10(6-4-9)19-13-8-7-12(18-13)14(16)17/h3-8H,2H2,1H3,(H,16,17). The number of hydrogen-bond acceptors (Lipinski definition) is 4. The van der Waals surface area contributed by atoms with Crippen molar-refractivity contribution in [3.05, 3.63) is 47.7 Å². The Hall–Kier alpha value is -2.01. The number of furan rings is 1. The van der Waals surface area contributed by atoms with Crippen molar-refractivity contribution in [1.82, 2.24) is 0 Å². The smallest absolute Gasteiger partial charge is 0.371 e. The highest BCUT2D eigenvalue weighted by Gasteiger charge is 2.10. The summed E-state index contributed by atoms with van der Waals surface area (Å²) in [5.41, 5.74) is 0.678. The molecule has 5 heteroatoms. The zero-order chi connectivity index (χ0) is 13.8. The van der Waals surface area contributed by atoms with Gasteiger partial charge in [0.25, 0.3) is 0 Å². The molecule has 2 rings (SSSR count). The van der Waals surface area contributed by atoms with Crippen LogP contribution in [0, 0.1) is 0 Å². The van der Waals surface area contributed by atoms with E-state index in [2.05, 4.69) is 0 Å². The van der Waals surface area contributed by atoms with Crippen LogP contribution >= 0.6 is 11.8 Å². The molecule has 0 aliphatic carbocycles. The van der Waals surface area contributed by atoms with Gasteiger partial charge in [-0.2, -0.15) is 0 Å². The third kappa shape index (κ3) is 3.26. The number of Topliss-reactive ketones (excluding diaryl/α,β-unsaturated/α-hetero) is 1. The minimum absolute atomic E-state index is 0.0831. The molecule has 0 spiro atoms. The van der Waals surface area contributed by atoms with E-state index >= 15 is 0 Å². The first-order chi connectivity index (χ1) is 9.10. The summed E-state index contributed by atoms with van der Waals surface area (Å²) in [5.74, 6) is -1.07. The maximum atomic E-state index is 11.5. The molecule has 0 unspecified atom stereocenters. The topological polar surface area (TPSA) is 67.5 Å². The van der Waals surface area contributed by atoms with Gasteiger partial charge in [0.15, 0.2) is 10.9 Å². The fourth-order valence-corrected chi connectivity index (χ4v) is 2.29. The Balaban J connectivity index is 2.10. The third-order valence-corrected chi connectivity index (χ3v) is 3.44. The lowest BCUT2D eigenvalue weighted by Crippen LogP contribution is -1.95. The van der Waals surface area contributed by atoms with Crippen molar-refractivity contribution in [3.8, 4) is 0 Å². The Bertz CT molecular complexity index is 598. The molecule has 0 saturated heterocycles. The molecule has 0 saturated carbocycles. The molecule has 1 aromatic carbocycles. The van der Waals surface area contributed by atoms with Crippen molar-refractivity contribution >= 4 is 23.5 Å². The third-order valence-electron chi connectivity index (χ3n) is 2.51. The number of carboxylic acid groups (broad SMARTS) is 1. The predicted molar refractivity (Wildman–Crippen MR) is 70.9 cm³/mol. The molecule has 4 nitrogen and oxygen atoms in total. The van der Waals surface area contributed by atoms with E-state index in [0.29, 0.717) is 17.1 Å². The van der Waals surface area contributed by atoms with E-state index in [1.54, 1.807) is 18.2 Å². The van der Waals surface area contributed by atoms with Crippen LogP contribution in [0.1, 0.15) is 34.3 Å². The summed E-state index contributed by atoms with van der Waals surface area (Å²) in [4.78, 5) is 23.0. The molecule has 0 atom stereocenters. The average Bonchev–Trinajstić information content (AvgIpc) is 2.87. The van der Waals surface area contributed by atoms with Gasteiger partial charge in [0.2, 0.25) is 5.76 Å². The van der Waals surface area contributed by atoms with Crippen LogP contribution < -0.4 is 0 Å². The number of rotatable bonds is 5. The van der Waals surface area contributed by atoms with Crippen LogP contribution in [0.5, 0.6) is 0 Å². The zero-order valence-corrected chi connectivity index (χ0v) is 11.1. The van der Waals surface area contributed by atoms with E-state index in [1.807, 2.05) is 19.1 Å². The van der Waals surface area contributed by atoms with Gasteiger partial charge in [0.05, 0.1) is 0 Å². The molecule has 1 N–H and O–H groups in total. The van der Waals surface area contributed by atoms with Crippen molar-refractivity contribution in [2.75, 3.05) is 0 Å². The molecule has 98 valence electrons. The molecular weight excluding hydrogens is 264 g/mol. The number of ketones is 1. The number of benzene rings is 1. The lowest BCUT2D eigenvalue weighted by atomic mass is 10.1. The van der Waals surface area contributed by atoms with Gasteiger partial charge in [-0.25, -0.2) is 4.79 Å². The molecule has 0 radical (unpaired) electrons. The second kappa shape index (κ2) is 5.75. The zero-order valence-electron chi connectivity index (χ0n) is 10.3. The van der Waals surface area contributed by atoms with Gasteiger partial charge in [-0.05, 0) is 24.3 Å². The Labute approximate surface area is 114 Å². The van der Waals surface area contributed by atoms with Gasteiger partial charge < -0.3 is 9.52 Å².